The normalized spacial score (nSPS) is 24.5. The molecule has 2 nitrogen and oxygen atoms in total. The minimum atomic E-state index is -1.89. The molecule has 128 valence electrons. The van der Waals surface area contributed by atoms with Gasteiger partial charge in [-0.1, -0.05) is 0 Å². The van der Waals surface area contributed by atoms with Crippen LogP contribution in [0.5, 0.6) is 0 Å². The van der Waals surface area contributed by atoms with Crippen molar-refractivity contribution in [2.24, 2.45) is 0 Å². The molecule has 2 unspecified atom stereocenters. The molecule has 0 amide bonds. The molecule has 0 saturated carbocycles. The second-order valence-corrected chi connectivity index (χ2v) is 30.3. The van der Waals surface area contributed by atoms with Gasteiger partial charge in [0.1, 0.15) is 0 Å². The number of rotatable bonds is 8. The zero-order valence-corrected chi connectivity index (χ0v) is 20.5. The van der Waals surface area contributed by atoms with Crippen LogP contribution in [0.4, 0.5) is 0 Å². The molecule has 1 heterocycles. The van der Waals surface area contributed by atoms with Gasteiger partial charge in [-0.05, 0) is 0 Å². The van der Waals surface area contributed by atoms with Crippen LogP contribution >= 0.6 is 0 Å². The Balaban J connectivity index is 3.18. The standard InChI is InChI=1S/C14H30BN2Si.3CH3.Sn/c1-7-16(8-2)15(17(9-3)10-4)14-12-11-13-18(14,5)6;;;;/h11-14H,7-10H2,1-6H3;3*1H3;. The summed E-state index contributed by atoms with van der Waals surface area (Å²) in [5.74, 6) is 0. The Morgan fingerprint density at radius 2 is 1.27 bits per heavy atom. The average Bonchev–Trinajstić information content (AvgIpc) is 2.74. The van der Waals surface area contributed by atoms with Crippen LogP contribution in [0.1, 0.15) is 27.7 Å². The van der Waals surface area contributed by atoms with Gasteiger partial charge in [0.05, 0.1) is 0 Å². The Morgan fingerprint density at radius 1 is 0.864 bits per heavy atom. The van der Waals surface area contributed by atoms with Gasteiger partial charge in [0.25, 0.3) is 0 Å². The summed E-state index contributed by atoms with van der Waals surface area (Å²) < 4.78 is 0.987. The second-order valence-electron chi connectivity index (χ2n) is 8.43. The van der Waals surface area contributed by atoms with Gasteiger partial charge in [0.2, 0.25) is 0 Å². The molecule has 0 aromatic heterocycles. The third-order valence-electron chi connectivity index (χ3n) is 5.80. The summed E-state index contributed by atoms with van der Waals surface area (Å²) in [5.41, 5.74) is 0.785. The Kier molecular flexibility index (Phi) is 7.76. The Morgan fingerprint density at radius 3 is 1.55 bits per heavy atom. The molecule has 0 aromatic rings. The molecule has 0 spiro atoms. The van der Waals surface area contributed by atoms with Gasteiger partial charge in [0.15, 0.2) is 0 Å². The van der Waals surface area contributed by atoms with Crippen molar-refractivity contribution in [2.45, 2.75) is 64.6 Å². The van der Waals surface area contributed by atoms with Crippen molar-refractivity contribution in [1.29, 1.82) is 0 Å². The van der Waals surface area contributed by atoms with Crippen LogP contribution in [0.2, 0.25) is 36.9 Å². The van der Waals surface area contributed by atoms with Gasteiger partial charge in [-0.3, -0.25) is 0 Å². The van der Waals surface area contributed by atoms with Crippen LogP contribution in [-0.4, -0.2) is 69.2 Å². The van der Waals surface area contributed by atoms with Gasteiger partial charge in [-0.25, -0.2) is 0 Å². The van der Waals surface area contributed by atoms with Crippen LogP contribution in [0.15, 0.2) is 12.2 Å². The van der Waals surface area contributed by atoms with E-state index in [2.05, 4.69) is 77.4 Å². The van der Waals surface area contributed by atoms with Crippen LogP contribution in [0.25, 0.3) is 0 Å². The van der Waals surface area contributed by atoms with E-state index < -0.39 is 26.5 Å². The fraction of sp³-hybridized carbons (Fsp3) is 0.882. The van der Waals surface area contributed by atoms with Crippen molar-refractivity contribution in [3.05, 3.63) is 12.2 Å². The predicted octanol–water partition coefficient (Wildman–Crippen LogP) is 4.59. The molecule has 0 fully saturated rings. The SMILES string of the molecule is CCN(CC)B(C1C=C[CH]([Sn]([CH3])([CH3])[CH3])[Si]1(C)C)N(CC)CC. The van der Waals surface area contributed by atoms with Crippen LogP contribution in [-0.2, 0) is 0 Å². The van der Waals surface area contributed by atoms with E-state index in [1.807, 2.05) is 0 Å². The Labute approximate surface area is 145 Å². The summed E-state index contributed by atoms with van der Waals surface area (Å²) in [6.45, 7) is 19.9. The van der Waals surface area contributed by atoms with Crippen LogP contribution in [0, 0.1) is 0 Å². The second kappa shape index (κ2) is 8.21. The predicted molar refractivity (Wildman–Crippen MR) is 109 cm³/mol. The summed E-state index contributed by atoms with van der Waals surface area (Å²) >= 11 is -1.89. The van der Waals surface area contributed by atoms with Crippen LogP contribution in [0.3, 0.4) is 0 Å². The molecule has 1 aliphatic rings. The molecular weight excluding hydrogens is 390 g/mol. The van der Waals surface area contributed by atoms with Crippen molar-refractivity contribution >= 4 is 33.4 Å². The molecule has 0 aromatic carbocycles. The Bertz CT molecular complexity index is 361. The van der Waals surface area contributed by atoms with Gasteiger partial charge in [0, 0.05) is 0 Å². The third kappa shape index (κ3) is 4.22. The summed E-state index contributed by atoms with van der Waals surface area (Å²) in [4.78, 5) is 13.3. The van der Waals surface area contributed by atoms with Gasteiger partial charge >= 0.3 is 146 Å². The third-order valence-corrected chi connectivity index (χ3v) is 27.9. The number of allylic oxidation sites excluding steroid dienone is 2. The molecule has 2 atom stereocenters. The minimum absolute atomic E-state index is 0.613. The maximum absolute atomic E-state index is 2.71. The van der Waals surface area contributed by atoms with E-state index in [4.69, 9.17) is 0 Å². The number of nitrogens with zero attached hydrogens (tertiary/aromatic N) is 2. The summed E-state index contributed by atoms with van der Waals surface area (Å²) in [5, 5.41) is 0. The first-order valence-corrected chi connectivity index (χ1v) is 22.7. The maximum atomic E-state index is 2.71. The van der Waals surface area contributed by atoms with E-state index in [1.165, 1.54) is 0 Å². The van der Waals surface area contributed by atoms with E-state index in [0.29, 0.717) is 6.98 Å². The fourth-order valence-corrected chi connectivity index (χ4v) is 32.5. The first-order chi connectivity index (χ1) is 10.1. The van der Waals surface area contributed by atoms with E-state index in [-0.39, 0.29) is 0 Å². The quantitative estimate of drug-likeness (QED) is 0.412. The van der Waals surface area contributed by atoms with E-state index in [1.54, 1.807) is 0 Å². The van der Waals surface area contributed by atoms with E-state index in [9.17, 15) is 0 Å². The fourth-order valence-electron chi connectivity index (χ4n) is 4.70. The van der Waals surface area contributed by atoms with Crippen molar-refractivity contribution < 1.29 is 0 Å². The zero-order chi connectivity index (χ0) is 17.1. The molecule has 22 heavy (non-hydrogen) atoms. The first-order valence-electron chi connectivity index (χ1n) is 9.31. The summed E-state index contributed by atoms with van der Waals surface area (Å²) in [6, 6.07) is 0. The molecule has 0 aliphatic carbocycles. The van der Waals surface area contributed by atoms with Crippen molar-refractivity contribution in [3.63, 3.8) is 0 Å². The topological polar surface area (TPSA) is 6.48 Å². The van der Waals surface area contributed by atoms with E-state index >= 15 is 0 Å². The van der Waals surface area contributed by atoms with Crippen molar-refractivity contribution in [3.8, 4) is 0 Å². The van der Waals surface area contributed by atoms with E-state index in [0.717, 1.165) is 35.2 Å². The molecule has 1 aliphatic heterocycles. The van der Waals surface area contributed by atoms with Crippen molar-refractivity contribution in [1.82, 2.24) is 9.62 Å². The molecule has 0 radical (unpaired) electrons. The molecule has 0 saturated heterocycles. The van der Waals surface area contributed by atoms with Crippen molar-refractivity contribution in [2.75, 3.05) is 26.2 Å². The summed E-state index contributed by atoms with van der Waals surface area (Å²) in [7, 11) is -1.29. The Hall–Kier alpha value is 0.741. The monoisotopic (exact) mass is 430 g/mol. The molecule has 0 N–H and O–H groups in total. The number of hydrogen-bond donors (Lipinski definition) is 0. The molecule has 0 bridgehead atoms. The van der Waals surface area contributed by atoms with Gasteiger partial charge in [-0.15, -0.1) is 0 Å². The number of hydrogen-bond acceptors (Lipinski definition) is 2. The molecular formula is C17H39BN2SiSn. The van der Waals surface area contributed by atoms with Crippen LogP contribution < -0.4 is 0 Å². The molecule has 5 heteroatoms. The average molecular weight is 429 g/mol. The summed E-state index contributed by atoms with van der Waals surface area (Å²) in [6.07, 6.45) is 5.30. The zero-order valence-electron chi connectivity index (χ0n) is 16.6. The van der Waals surface area contributed by atoms with Gasteiger partial charge in [-0.2, -0.15) is 0 Å². The first kappa shape index (κ1) is 20.8. The molecule has 1 rings (SSSR count). The van der Waals surface area contributed by atoms with Gasteiger partial charge < -0.3 is 0 Å².